The molecule has 0 aliphatic heterocycles. The van der Waals surface area contributed by atoms with Gasteiger partial charge in [0.25, 0.3) is 5.91 Å². The van der Waals surface area contributed by atoms with Gasteiger partial charge in [-0.25, -0.2) is 9.78 Å². The Morgan fingerprint density at radius 1 is 1.10 bits per heavy atom. The van der Waals surface area contributed by atoms with Crippen LogP contribution < -0.4 is 16.4 Å². The molecular formula is C13H11ClN4O2. The number of carbonyl (C=O) groups excluding carboxylic acids is 2. The van der Waals surface area contributed by atoms with Gasteiger partial charge in [0.1, 0.15) is 5.15 Å². The Labute approximate surface area is 120 Å². The number of benzene rings is 1. The Morgan fingerprint density at radius 2 is 1.80 bits per heavy atom. The molecule has 0 spiro atoms. The highest BCUT2D eigenvalue weighted by Crippen LogP contribution is 2.16. The largest absolute Gasteiger partial charge is 0.351 e. The van der Waals surface area contributed by atoms with E-state index in [-0.39, 0.29) is 5.91 Å². The molecule has 102 valence electrons. The molecule has 1 heterocycles. The van der Waals surface area contributed by atoms with Crippen molar-refractivity contribution in [3.8, 4) is 0 Å². The molecule has 1 aromatic carbocycles. The maximum Gasteiger partial charge on any atom is 0.316 e. The zero-order valence-electron chi connectivity index (χ0n) is 10.3. The first-order chi connectivity index (χ1) is 9.54. The van der Waals surface area contributed by atoms with Crippen LogP contribution in [0.5, 0.6) is 0 Å². The second kappa shape index (κ2) is 6.03. The van der Waals surface area contributed by atoms with Crippen LogP contribution in [0.25, 0.3) is 0 Å². The molecule has 7 heteroatoms. The Kier molecular flexibility index (Phi) is 4.17. The average molecular weight is 291 g/mol. The molecule has 2 rings (SSSR count). The summed E-state index contributed by atoms with van der Waals surface area (Å²) in [4.78, 5) is 26.5. The van der Waals surface area contributed by atoms with Crippen molar-refractivity contribution in [3.63, 3.8) is 0 Å². The van der Waals surface area contributed by atoms with Gasteiger partial charge in [0.2, 0.25) is 0 Å². The Balaban J connectivity index is 2.11. The van der Waals surface area contributed by atoms with E-state index in [0.29, 0.717) is 22.1 Å². The molecule has 20 heavy (non-hydrogen) atoms. The highest BCUT2D eigenvalue weighted by Gasteiger charge is 2.07. The minimum atomic E-state index is -0.671. The quantitative estimate of drug-likeness (QED) is 0.757. The summed E-state index contributed by atoms with van der Waals surface area (Å²) in [6.07, 6.45) is 1.38. The maximum atomic E-state index is 12.0. The molecule has 0 aliphatic carbocycles. The Bertz CT molecular complexity index is 643. The number of pyridine rings is 1. The number of nitrogens with zero attached hydrogens (tertiary/aromatic N) is 1. The number of primary amides is 1. The molecule has 2 aromatic rings. The third-order valence-electron chi connectivity index (χ3n) is 2.38. The minimum Gasteiger partial charge on any atom is -0.351 e. The lowest BCUT2D eigenvalue weighted by Crippen LogP contribution is -2.19. The van der Waals surface area contributed by atoms with E-state index in [1.807, 2.05) is 0 Å². The first kappa shape index (κ1) is 13.8. The smallest absolute Gasteiger partial charge is 0.316 e. The van der Waals surface area contributed by atoms with Crippen molar-refractivity contribution in [1.82, 2.24) is 4.98 Å². The van der Waals surface area contributed by atoms with Crippen LogP contribution in [0.2, 0.25) is 5.15 Å². The Morgan fingerprint density at radius 3 is 2.40 bits per heavy atom. The number of hydrogen-bond acceptors (Lipinski definition) is 3. The zero-order valence-corrected chi connectivity index (χ0v) is 11.0. The molecule has 0 fully saturated rings. The summed E-state index contributed by atoms with van der Waals surface area (Å²) < 4.78 is 0. The number of nitrogens with two attached hydrogens (primary N) is 1. The summed E-state index contributed by atoms with van der Waals surface area (Å²) in [6.45, 7) is 0. The van der Waals surface area contributed by atoms with E-state index < -0.39 is 6.03 Å². The summed E-state index contributed by atoms with van der Waals surface area (Å²) >= 11 is 5.65. The van der Waals surface area contributed by atoms with Crippen molar-refractivity contribution in [3.05, 3.63) is 53.3 Å². The van der Waals surface area contributed by atoms with E-state index in [2.05, 4.69) is 15.6 Å². The van der Waals surface area contributed by atoms with Crippen LogP contribution in [0.15, 0.2) is 42.6 Å². The number of hydrogen-bond donors (Lipinski definition) is 3. The molecule has 3 amide bonds. The van der Waals surface area contributed by atoms with Crippen LogP contribution in [0, 0.1) is 0 Å². The van der Waals surface area contributed by atoms with Gasteiger partial charge in [0.05, 0.1) is 5.56 Å². The van der Waals surface area contributed by atoms with Gasteiger partial charge in [-0.2, -0.15) is 0 Å². The third kappa shape index (κ3) is 3.69. The number of amides is 3. The molecular weight excluding hydrogens is 280 g/mol. The first-order valence-corrected chi connectivity index (χ1v) is 6.02. The molecule has 4 N–H and O–H groups in total. The van der Waals surface area contributed by atoms with Gasteiger partial charge in [0.15, 0.2) is 0 Å². The molecule has 6 nitrogen and oxygen atoms in total. The number of carbonyl (C=O) groups is 2. The molecule has 1 aromatic heterocycles. The molecule has 0 saturated heterocycles. The van der Waals surface area contributed by atoms with Gasteiger partial charge in [-0.05, 0) is 30.3 Å². The summed E-state index contributed by atoms with van der Waals surface area (Å²) in [6, 6.07) is 9.04. The SMILES string of the molecule is NC(=O)Nc1cccc(NC(=O)c2ccc(Cl)nc2)c1. The fraction of sp³-hybridized carbons (Fsp3) is 0. The van der Waals surface area contributed by atoms with Crippen LogP contribution in [-0.2, 0) is 0 Å². The molecule has 0 atom stereocenters. The van der Waals surface area contributed by atoms with Crippen molar-refractivity contribution >= 4 is 34.9 Å². The van der Waals surface area contributed by atoms with Crippen LogP contribution >= 0.6 is 11.6 Å². The Hall–Kier alpha value is -2.60. The number of nitrogens with one attached hydrogen (secondary N) is 2. The van der Waals surface area contributed by atoms with Gasteiger partial charge < -0.3 is 16.4 Å². The summed E-state index contributed by atoms with van der Waals surface area (Å²) in [5.74, 6) is -0.328. The van der Waals surface area contributed by atoms with Crippen LogP contribution in [0.4, 0.5) is 16.2 Å². The van der Waals surface area contributed by atoms with Gasteiger partial charge in [-0.15, -0.1) is 0 Å². The van der Waals surface area contributed by atoms with Crippen LogP contribution in [-0.4, -0.2) is 16.9 Å². The fourth-order valence-corrected chi connectivity index (χ4v) is 1.64. The molecule has 0 unspecified atom stereocenters. The average Bonchev–Trinajstić information content (AvgIpc) is 2.39. The number of aromatic nitrogens is 1. The fourth-order valence-electron chi connectivity index (χ4n) is 1.53. The predicted molar refractivity (Wildman–Crippen MR) is 76.8 cm³/mol. The molecule has 0 aliphatic rings. The number of urea groups is 1. The van der Waals surface area contributed by atoms with Crippen molar-refractivity contribution < 1.29 is 9.59 Å². The van der Waals surface area contributed by atoms with Gasteiger partial charge in [-0.3, -0.25) is 4.79 Å². The third-order valence-corrected chi connectivity index (χ3v) is 2.60. The highest BCUT2D eigenvalue weighted by atomic mass is 35.5. The molecule has 0 bridgehead atoms. The van der Waals surface area contributed by atoms with Gasteiger partial charge in [0, 0.05) is 17.6 Å². The lowest BCUT2D eigenvalue weighted by Gasteiger charge is -2.07. The highest BCUT2D eigenvalue weighted by molar-refractivity contribution is 6.29. The lowest BCUT2D eigenvalue weighted by molar-refractivity contribution is 0.102. The van der Waals surface area contributed by atoms with Crippen molar-refractivity contribution in [2.75, 3.05) is 10.6 Å². The van der Waals surface area contributed by atoms with E-state index >= 15 is 0 Å². The summed E-state index contributed by atoms with van der Waals surface area (Å²) in [5.41, 5.74) is 6.41. The molecule has 0 saturated carbocycles. The van der Waals surface area contributed by atoms with Crippen LogP contribution in [0.1, 0.15) is 10.4 Å². The predicted octanol–water partition coefficient (Wildman–Crippen LogP) is 2.48. The zero-order chi connectivity index (χ0) is 14.5. The van der Waals surface area contributed by atoms with Crippen LogP contribution in [0.3, 0.4) is 0 Å². The second-order valence-corrected chi connectivity index (χ2v) is 4.28. The normalized spacial score (nSPS) is 9.85. The van der Waals surface area contributed by atoms with E-state index in [1.54, 1.807) is 30.3 Å². The minimum absolute atomic E-state index is 0.314. The summed E-state index contributed by atoms with van der Waals surface area (Å²) in [5, 5.41) is 5.41. The van der Waals surface area contributed by atoms with Crippen molar-refractivity contribution in [2.45, 2.75) is 0 Å². The topological polar surface area (TPSA) is 97.1 Å². The number of anilines is 2. The van der Waals surface area contributed by atoms with E-state index in [1.165, 1.54) is 12.3 Å². The number of rotatable bonds is 3. The standard InChI is InChI=1S/C13H11ClN4O2/c14-11-5-4-8(7-16-11)12(19)17-9-2-1-3-10(6-9)18-13(15)20/h1-7H,(H,17,19)(H3,15,18,20). The number of halogens is 1. The second-order valence-electron chi connectivity index (χ2n) is 3.89. The van der Waals surface area contributed by atoms with Crippen molar-refractivity contribution in [2.24, 2.45) is 5.73 Å². The van der Waals surface area contributed by atoms with Gasteiger partial charge >= 0.3 is 6.03 Å². The monoisotopic (exact) mass is 290 g/mol. The summed E-state index contributed by atoms with van der Waals surface area (Å²) in [7, 11) is 0. The van der Waals surface area contributed by atoms with Crippen molar-refractivity contribution in [1.29, 1.82) is 0 Å². The van der Waals surface area contributed by atoms with Gasteiger partial charge in [-0.1, -0.05) is 17.7 Å². The van der Waals surface area contributed by atoms with E-state index in [0.717, 1.165) is 0 Å². The first-order valence-electron chi connectivity index (χ1n) is 5.64. The molecule has 0 radical (unpaired) electrons. The van der Waals surface area contributed by atoms with E-state index in [9.17, 15) is 9.59 Å². The lowest BCUT2D eigenvalue weighted by atomic mass is 10.2. The van der Waals surface area contributed by atoms with E-state index in [4.69, 9.17) is 17.3 Å². The maximum absolute atomic E-state index is 12.0.